The van der Waals surface area contributed by atoms with Crippen molar-refractivity contribution >= 4 is 6.29 Å². The zero-order chi connectivity index (χ0) is 10.8. The molecule has 76 valence electrons. The van der Waals surface area contributed by atoms with Gasteiger partial charge in [0, 0.05) is 5.56 Å². The molecular weight excluding hydrogens is 195 g/mol. The molecule has 2 aromatic rings. The minimum Gasteiger partial charge on any atom is -0.453 e. The number of carbonyl (C=O) groups excluding carboxylic acids is 1. The van der Waals surface area contributed by atoms with E-state index in [1.54, 1.807) is 31.2 Å². The molecule has 0 radical (unpaired) electrons. The van der Waals surface area contributed by atoms with E-state index in [1.807, 2.05) is 0 Å². The summed E-state index contributed by atoms with van der Waals surface area (Å²) in [6, 6.07) is 7.96. The number of rotatable bonds is 2. The Labute approximate surface area is 86.3 Å². The van der Waals surface area contributed by atoms with Gasteiger partial charge in [0.05, 0.1) is 0 Å². The van der Waals surface area contributed by atoms with Crippen LogP contribution in [0.25, 0.3) is 11.3 Å². The van der Waals surface area contributed by atoms with Crippen molar-refractivity contribution in [2.24, 2.45) is 0 Å². The van der Waals surface area contributed by atoms with Crippen LogP contribution in [0.4, 0.5) is 4.39 Å². The van der Waals surface area contributed by atoms with Gasteiger partial charge in [0.1, 0.15) is 11.6 Å². The quantitative estimate of drug-likeness (QED) is 0.703. The van der Waals surface area contributed by atoms with E-state index >= 15 is 0 Å². The Hall–Kier alpha value is -1.90. The van der Waals surface area contributed by atoms with Crippen LogP contribution in [0.3, 0.4) is 0 Å². The lowest BCUT2D eigenvalue weighted by Gasteiger charge is -1.99. The Morgan fingerprint density at radius 1 is 1.27 bits per heavy atom. The molecule has 0 aliphatic heterocycles. The van der Waals surface area contributed by atoms with Crippen molar-refractivity contribution in [1.29, 1.82) is 0 Å². The topological polar surface area (TPSA) is 30.2 Å². The van der Waals surface area contributed by atoms with Gasteiger partial charge in [-0.2, -0.15) is 0 Å². The fourth-order valence-electron chi connectivity index (χ4n) is 1.37. The summed E-state index contributed by atoms with van der Waals surface area (Å²) in [5, 5.41) is 0. The summed E-state index contributed by atoms with van der Waals surface area (Å²) in [4.78, 5) is 10.4. The van der Waals surface area contributed by atoms with E-state index in [9.17, 15) is 9.18 Å². The van der Waals surface area contributed by atoms with Crippen LogP contribution in [-0.2, 0) is 0 Å². The zero-order valence-electron chi connectivity index (χ0n) is 8.16. The molecule has 3 heteroatoms. The molecule has 0 atom stereocenters. The summed E-state index contributed by atoms with van der Waals surface area (Å²) < 4.78 is 18.2. The molecule has 15 heavy (non-hydrogen) atoms. The van der Waals surface area contributed by atoms with Crippen molar-refractivity contribution in [2.45, 2.75) is 6.92 Å². The first kappa shape index (κ1) is 9.65. The van der Waals surface area contributed by atoms with Crippen molar-refractivity contribution in [3.8, 4) is 11.3 Å². The number of aldehydes is 1. The molecule has 2 nitrogen and oxygen atoms in total. The van der Waals surface area contributed by atoms with Gasteiger partial charge in [-0.3, -0.25) is 4.79 Å². The first-order valence-electron chi connectivity index (χ1n) is 4.52. The molecule has 1 heterocycles. The van der Waals surface area contributed by atoms with Crippen LogP contribution in [0.5, 0.6) is 0 Å². The van der Waals surface area contributed by atoms with Crippen LogP contribution in [0.2, 0.25) is 0 Å². The largest absolute Gasteiger partial charge is 0.453 e. The maximum atomic E-state index is 13.0. The van der Waals surface area contributed by atoms with Crippen molar-refractivity contribution in [1.82, 2.24) is 0 Å². The molecule has 0 fully saturated rings. The molecule has 0 aliphatic rings. The second kappa shape index (κ2) is 3.69. The average Bonchev–Trinajstić information content (AvgIpc) is 2.70. The predicted molar refractivity (Wildman–Crippen MR) is 54.2 cm³/mol. The Bertz CT molecular complexity index is 500. The molecule has 0 aliphatic carbocycles. The van der Waals surface area contributed by atoms with Crippen molar-refractivity contribution in [3.05, 3.63) is 47.5 Å². The number of benzene rings is 1. The Morgan fingerprint density at radius 3 is 2.67 bits per heavy atom. The van der Waals surface area contributed by atoms with Gasteiger partial charge in [-0.25, -0.2) is 4.39 Å². The summed E-state index contributed by atoms with van der Waals surface area (Å²) in [5.41, 5.74) is 1.32. The molecule has 0 unspecified atom stereocenters. The first-order valence-corrected chi connectivity index (χ1v) is 4.52. The summed E-state index contributed by atoms with van der Waals surface area (Å²) in [6.07, 6.45) is 0.639. The number of halogens is 1. The third kappa shape index (κ3) is 1.81. The molecule has 0 saturated heterocycles. The van der Waals surface area contributed by atoms with Gasteiger partial charge in [-0.15, -0.1) is 0 Å². The summed E-state index contributed by atoms with van der Waals surface area (Å²) in [5.74, 6) is 0.591. The Morgan fingerprint density at radius 2 is 2.07 bits per heavy atom. The zero-order valence-corrected chi connectivity index (χ0v) is 8.16. The molecule has 0 saturated carbocycles. The van der Waals surface area contributed by atoms with Crippen LogP contribution in [0.15, 0.2) is 34.7 Å². The normalized spacial score (nSPS) is 10.3. The molecule has 2 rings (SSSR count). The molecule has 0 spiro atoms. The smallest absolute Gasteiger partial charge is 0.185 e. The van der Waals surface area contributed by atoms with E-state index in [1.165, 1.54) is 6.07 Å². The van der Waals surface area contributed by atoms with Crippen LogP contribution in [0, 0.1) is 12.7 Å². The lowest BCUT2D eigenvalue weighted by atomic mass is 10.1. The molecule has 0 bridgehead atoms. The standard InChI is InChI=1S/C12H9FO2/c1-8-6-9(2-4-11(8)13)12-5-3-10(7-14)15-12/h2-7H,1H3. The number of hydrogen-bond acceptors (Lipinski definition) is 2. The molecule has 1 aromatic heterocycles. The maximum absolute atomic E-state index is 13.0. The molecule has 1 aromatic carbocycles. The fraction of sp³-hybridized carbons (Fsp3) is 0.0833. The van der Waals surface area contributed by atoms with E-state index in [-0.39, 0.29) is 11.6 Å². The number of aryl methyl sites for hydroxylation is 1. The van der Waals surface area contributed by atoms with E-state index < -0.39 is 0 Å². The van der Waals surface area contributed by atoms with Gasteiger partial charge in [0.25, 0.3) is 0 Å². The minimum atomic E-state index is -0.249. The van der Waals surface area contributed by atoms with Crippen LogP contribution < -0.4 is 0 Å². The highest BCUT2D eigenvalue weighted by Gasteiger charge is 2.05. The molecule has 0 N–H and O–H groups in total. The highest BCUT2D eigenvalue weighted by atomic mass is 19.1. The lowest BCUT2D eigenvalue weighted by Crippen LogP contribution is -1.82. The average molecular weight is 204 g/mol. The predicted octanol–water partition coefficient (Wildman–Crippen LogP) is 3.21. The second-order valence-electron chi connectivity index (χ2n) is 3.28. The van der Waals surface area contributed by atoms with Crippen molar-refractivity contribution in [3.63, 3.8) is 0 Å². The van der Waals surface area contributed by atoms with E-state index in [4.69, 9.17) is 4.42 Å². The fourth-order valence-corrected chi connectivity index (χ4v) is 1.37. The van der Waals surface area contributed by atoms with Crippen LogP contribution >= 0.6 is 0 Å². The number of carbonyl (C=O) groups is 1. The third-order valence-corrected chi connectivity index (χ3v) is 2.19. The number of hydrogen-bond donors (Lipinski definition) is 0. The van der Waals surface area contributed by atoms with Gasteiger partial charge in [-0.1, -0.05) is 0 Å². The van der Waals surface area contributed by atoms with E-state index in [2.05, 4.69) is 0 Å². The monoisotopic (exact) mass is 204 g/mol. The van der Waals surface area contributed by atoms with Crippen molar-refractivity contribution < 1.29 is 13.6 Å². The molecular formula is C12H9FO2. The highest BCUT2D eigenvalue weighted by Crippen LogP contribution is 2.23. The second-order valence-corrected chi connectivity index (χ2v) is 3.28. The number of furan rings is 1. The van der Waals surface area contributed by atoms with Crippen molar-refractivity contribution in [2.75, 3.05) is 0 Å². The summed E-state index contributed by atoms with van der Waals surface area (Å²) >= 11 is 0. The summed E-state index contributed by atoms with van der Waals surface area (Å²) in [6.45, 7) is 1.68. The van der Waals surface area contributed by atoms with Gasteiger partial charge < -0.3 is 4.42 Å². The van der Waals surface area contributed by atoms with Gasteiger partial charge >= 0.3 is 0 Å². The van der Waals surface area contributed by atoms with Gasteiger partial charge in [-0.05, 0) is 42.8 Å². The summed E-state index contributed by atoms with van der Waals surface area (Å²) in [7, 11) is 0. The van der Waals surface area contributed by atoms with Gasteiger partial charge in [0.2, 0.25) is 0 Å². The maximum Gasteiger partial charge on any atom is 0.185 e. The SMILES string of the molecule is Cc1cc(-c2ccc(C=O)o2)ccc1F. The highest BCUT2D eigenvalue weighted by molar-refractivity contribution is 5.72. The van der Waals surface area contributed by atoms with Crippen LogP contribution in [0.1, 0.15) is 16.1 Å². The van der Waals surface area contributed by atoms with Gasteiger partial charge in [0.15, 0.2) is 12.0 Å². The third-order valence-electron chi connectivity index (χ3n) is 2.19. The van der Waals surface area contributed by atoms with E-state index in [0.29, 0.717) is 17.6 Å². The molecule has 0 amide bonds. The van der Waals surface area contributed by atoms with Crippen LogP contribution in [-0.4, -0.2) is 6.29 Å². The van der Waals surface area contributed by atoms with E-state index in [0.717, 1.165) is 5.56 Å². The minimum absolute atomic E-state index is 0.249. The first-order chi connectivity index (χ1) is 7.20. The Kier molecular flexibility index (Phi) is 2.37. The lowest BCUT2D eigenvalue weighted by molar-refractivity contribution is 0.110. The Balaban J connectivity index is 2.44.